The standard InChI is InChI=1S/C16H18ClN3O/c1-3-13-16(17)14(20(2)19-13)8-12(18)11-9-21-15-7-5-4-6-10(11)15/h4-7,9,12H,3,8,18H2,1-2H3. The Kier molecular flexibility index (Phi) is 3.74. The smallest absolute Gasteiger partial charge is 0.134 e. The SMILES string of the molecule is CCc1nn(C)c(CC(N)c2coc3ccccc23)c1Cl. The summed E-state index contributed by atoms with van der Waals surface area (Å²) in [6.45, 7) is 2.04. The van der Waals surface area contributed by atoms with Crippen LogP contribution in [0.2, 0.25) is 5.02 Å². The molecular formula is C16H18ClN3O. The molecule has 0 saturated heterocycles. The lowest BCUT2D eigenvalue weighted by molar-refractivity contribution is 0.591. The van der Waals surface area contributed by atoms with Gasteiger partial charge in [0.25, 0.3) is 0 Å². The van der Waals surface area contributed by atoms with Gasteiger partial charge in [-0.3, -0.25) is 4.68 Å². The fraction of sp³-hybridized carbons (Fsp3) is 0.312. The first-order chi connectivity index (χ1) is 10.1. The van der Waals surface area contributed by atoms with Gasteiger partial charge >= 0.3 is 0 Å². The minimum absolute atomic E-state index is 0.175. The van der Waals surface area contributed by atoms with E-state index in [4.69, 9.17) is 21.8 Å². The Morgan fingerprint density at radius 1 is 1.38 bits per heavy atom. The maximum Gasteiger partial charge on any atom is 0.134 e. The summed E-state index contributed by atoms with van der Waals surface area (Å²) in [6, 6.07) is 7.73. The summed E-state index contributed by atoms with van der Waals surface area (Å²) in [7, 11) is 1.90. The van der Waals surface area contributed by atoms with Gasteiger partial charge in [-0.25, -0.2) is 0 Å². The van der Waals surface area contributed by atoms with Gasteiger partial charge in [-0.15, -0.1) is 0 Å². The molecule has 3 aromatic rings. The molecule has 5 heteroatoms. The Labute approximate surface area is 128 Å². The van der Waals surface area contributed by atoms with Gasteiger partial charge in [-0.2, -0.15) is 5.10 Å². The summed E-state index contributed by atoms with van der Waals surface area (Å²) in [5.41, 5.74) is 10.1. The number of rotatable bonds is 4. The molecule has 0 bridgehead atoms. The summed E-state index contributed by atoms with van der Waals surface area (Å²) in [4.78, 5) is 0. The highest BCUT2D eigenvalue weighted by atomic mass is 35.5. The van der Waals surface area contributed by atoms with E-state index in [-0.39, 0.29) is 6.04 Å². The Morgan fingerprint density at radius 2 is 2.14 bits per heavy atom. The molecule has 0 radical (unpaired) electrons. The van der Waals surface area contributed by atoms with E-state index in [0.717, 1.165) is 39.4 Å². The molecule has 0 spiro atoms. The van der Waals surface area contributed by atoms with Crippen molar-refractivity contribution in [3.8, 4) is 0 Å². The molecule has 1 aromatic carbocycles. The molecule has 1 atom stereocenters. The zero-order valence-corrected chi connectivity index (χ0v) is 12.9. The van der Waals surface area contributed by atoms with Crippen molar-refractivity contribution >= 4 is 22.6 Å². The fourth-order valence-corrected chi connectivity index (χ4v) is 3.02. The molecule has 0 aliphatic rings. The zero-order chi connectivity index (χ0) is 15.0. The molecular weight excluding hydrogens is 286 g/mol. The highest BCUT2D eigenvalue weighted by molar-refractivity contribution is 6.31. The van der Waals surface area contributed by atoms with Crippen molar-refractivity contribution in [2.24, 2.45) is 12.8 Å². The normalized spacial score (nSPS) is 13.0. The quantitative estimate of drug-likeness (QED) is 0.801. The first kappa shape index (κ1) is 14.2. The first-order valence-electron chi connectivity index (χ1n) is 7.03. The van der Waals surface area contributed by atoms with E-state index in [9.17, 15) is 0 Å². The third-order valence-corrected chi connectivity index (χ3v) is 4.26. The number of furan rings is 1. The lowest BCUT2D eigenvalue weighted by atomic mass is 10.0. The number of nitrogens with two attached hydrogens (primary N) is 1. The topological polar surface area (TPSA) is 57.0 Å². The molecule has 110 valence electrons. The van der Waals surface area contributed by atoms with E-state index in [0.29, 0.717) is 6.42 Å². The summed E-state index contributed by atoms with van der Waals surface area (Å²) < 4.78 is 7.38. The molecule has 2 heterocycles. The number of hydrogen-bond donors (Lipinski definition) is 1. The van der Waals surface area contributed by atoms with Crippen LogP contribution in [0.3, 0.4) is 0 Å². The molecule has 1 unspecified atom stereocenters. The van der Waals surface area contributed by atoms with Crippen LogP contribution in [0.15, 0.2) is 34.9 Å². The highest BCUT2D eigenvalue weighted by Gasteiger charge is 2.19. The average Bonchev–Trinajstić information content (AvgIpc) is 3.03. The number of nitrogens with zero attached hydrogens (tertiary/aromatic N) is 2. The zero-order valence-electron chi connectivity index (χ0n) is 12.1. The molecule has 21 heavy (non-hydrogen) atoms. The highest BCUT2D eigenvalue weighted by Crippen LogP contribution is 2.29. The second kappa shape index (κ2) is 5.54. The lowest BCUT2D eigenvalue weighted by Gasteiger charge is -2.11. The first-order valence-corrected chi connectivity index (χ1v) is 7.41. The molecule has 2 N–H and O–H groups in total. The molecule has 0 saturated carbocycles. The molecule has 0 amide bonds. The van der Waals surface area contributed by atoms with Crippen molar-refractivity contribution in [3.63, 3.8) is 0 Å². The molecule has 0 aliphatic carbocycles. The van der Waals surface area contributed by atoms with Crippen molar-refractivity contribution in [2.45, 2.75) is 25.8 Å². The molecule has 0 aliphatic heterocycles. The average molecular weight is 304 g/mol. The van der Waals surface area contributed by atoms with Gasteiger partial charge in [-0.1, -0.05) is 36.7 Å². The van der Waals surface area contributed by atoms with Crippen LogP contribution in [0, 0.1) is 0 Å². The van der Waals surface area contributed by atoms with E-state index < -0.39 is 0 Å². The van der Waals surface area contributed by atoms with Crippen LogP contribution >= 0.6 is 11.6 Å². The minimum atomic E-state index is -0.175. The maximum atomic E-state index is 6.39. The maximum absolute atomic E-state index is 6.39. The second-order valence-electron chi connectivity index (χ2n) is 5.18. The summed E-state index contributed by atoms with van der Waals surface area (Å²) in [5.74, 6) is 0. The van der Waals surface area contributed by atoms with Crippen LogP contribution in [0.25, 0.3) is 11.0 Å². The van der Waals surface area contributed by atoms with Crippen molar-refractivity contribution in [1.82, 2.24) is 9.78 Å². The third kappa shape index (κ3) is 2.45. The van der Waals surface area contributed by atoms with Crippen LogP contribution in [0.1, 0.15) is 29.9 Å². The summed E-state index contributed by atoms with van der Waals surface area (Å²) in [6.07, 6.45) is 3.18. The Hall–Kier alpha value is -1.78. The van der Waals surface area contributed by atoms with Crippen molar-refractivity contribution in [1.29, 1.82) is 0 Å². The van der Waals surface area contributed by atoms with Gasteiger partial charge in [0.15, 0.2) is 0 Å². The molecule has 3 rings (SSSR count). The Morgan fingerprint density at radius 3 is 2.86 bits per heavy atom. The van der Waals surface area contributed by atoms with E-state index in [1.165, 1.54) is 0 Å². The lowest BCUT2D eigenvalue weighted by Crippen LogP contribution is -2.15. The van der Waals surface area contributed by atoms with Crippen molar-refractivity contribution in [3.05, 3.63) is 52.5 Å². The number of hydrogen-bond acceptors (Lipinski definition) is 3. The van der Waals surface area contributed by atoms with Crippen LogP contribution in [0.5, 0.6) is 0 Å². The molecule has 2 aromatic heterocycles. The second-order valence-corrected chi connectivity index (χ2v) is 5.56. The summed E-state index contributed by atoms with van der Waals surface area (Å²) >= 11 is 6.39. The van der Waals surface area contributed by atoms with Crippen LogP contribution in [0.4, 0.5) is 0 Å². The number of benzene rings is 1. The van der Waals surface area contributed by atoms with E-state index in [2.05, 4.69) is 5.10 Å². The largest absolute Gasteiger partial charge is 0.464 e. The third-order valence-electron chi connectivity index (χ3n) is 3.83. The monoisotopic (exact) mass is 303 g/mol. The van der Waals surface area contributed by atoms with Crippen molar-refractivity contribution < 1.29 is 4.42 Å². The van der Waals surface area contributed by atoms with Crippen LogP contribution in [-0.2, 0) is 19.9 Å². The number of aromatic nitrogens is 2. The van der Waals surface area contributed by atoms with Crippen molar-refractivity contribution in [2.75, 3.05) is 0 Å². The fourth-order valence-electron chi connectivity index (χ4n) is 2.65. The Bertz CT molecular complexity index is 775. The van der Waals surface area contributed by atoms with Gasteiger partial charge in [-0.05, 0) is 12.5 Å². The molecule has 0 fully saturated rings. The van der Waals surface area contributed by atoms with Gasteiger partial charge in [0.1, 0.15) is 5.58 Å². The summed E-state index contributed by atoms with van der Waals surface area (Å²) in [5, 5.41) is 6.21. The number of halogens is 1. The number of fused-ring (bicyclic) bond motifs is 1. The predicted molar refractivity (Wildman–Crippen MR) is 84.4 cm³/mol. The van der Waals surface area contributed by atoms with E-state index in [1.807, 2.05) is 42.9 Å². The van der Waals surface area contributed by atoms with E-state index in [1.54, 1.807) is 6.26 Å². The minimum Gasteiger partial charge on any atom is -0.464 e. The molecule has 4 nitrogen and oxygen atoms in total. The van der Waals surface area contributed by atoms with Crippen LogP contribution in [-0.4, -0.2) is 9.78 Å². The van der Waals surface area contributed by atoms with Gasteiger partial charge < -0.3 is 10.2 Å². The van der Waals surface area contributed by atoms with Crippen LogP contribution < -0.4 is 5.73 Å². The van der Waals surface area contributed by atoms with E-state index >= 15 is 0 Å². The van der Waals surface area contributed by atoms with Gasteiger partial charge in [0, 0.05) is 30.5 Å². The number of para-hydroxylation sites is 1. The Balaban J connectivity index is 1.93. The van der Waals surface area contributed by atoms with Gasteiger partial charge in [0.2, 0.25) is 0 Å². The van der Waals surface area contributed by atoms with Gasteiger partial charge in [0.05, 0.1) is 22.7 Å². The predicted octanol–water partition coefficient (Wildman–Crippen LogP) is 3.62. The number of aryl methyl sites for hydroxylation is 2.